The van der Waals surface area contributed by atoms with E-state index < -0.39 is 22.7 Å². The van der Waals surface area contributed by atoms with E-state index in [0.717, 1.165) is 0 Å². The summed E-state index contributed by atoms with van der Waals surface area (Å²) in [5.41, 5.74) is 0.347. The molecule has 1 N–H and O–H groups in total. The molecule has 0 amide bonds. The van der Waals surface area contributed by atoms with Crippen LogP contribution in [-0.2, 0) is 23.2 Å². The number of hydrogen-bond acceptors (Lipinski definition) is 3. The van der Waals surface area contributed by atoms with Crippen molar-refractivity contribution in [2.24, 2.45) is 0 Å². The van der Waals surface area contributed by atoms with Gasteiger partial charge in [-0.05, 0) is 19.4 Å². The number of alkyl halides is 3. The van der Waals surface area contributed by atoms with Gasteiger partial charge in [-0.2, -0.15) is 17.5 Å². The van der Waals surface area contributed by atoms with Crippen molar-refractivity contribution in [3.8, 4) is 0 Å². The Morgan fingerprint density at radius 3 is 2.33 bits per heavy atom. The number of aryl methyl sites for hydroxylation is 1. The molecule has 0 aliphatic heterocycles. The molecule has 0 aromatic carbocycles. The van der Waals surface area contributed by atoms with Crippen molar-refractivity contribution in [1.29, 1.82) is 0 Å². The lowest BCUT2D eigenvalue weighted by Gasteiger charge is -2.22. The summed E-state index contributed by atoms with van der Waals surface area (Å²) in [4.78, 5) is -0.230. The summed E-state index contributed by atoms with van der Waals surface area (Å²) in [5.74, 6) is 0. The number of halogens is 3. The lowest BCUT2D eigenvalue weighted by Crippen LogP contribution is -2.39. The lowest BCUT2D eigenvalue weighted by molar-refractivity contribution is -0.136. The molecule has 122 valence electrons. The fraction of sp³-hybridized carbons (Fsp3) is 0.667. The average Bonchev–Trinajstić information content (AvgIpc) is 2.80. The van der Waals surface area contributed by atoms with Gasteiger partial charge >= 0.3 is 6.18 Å². The smallest absolute Gasteiger partial charge is 0.390 e. The molecule has 0 fully saturated rings. The van der Waals surface area contributed by atoms with Gasteiger partial charge in [0.15, 0.2) is 0 Å². The molecule has 0 aliphatic carbocycles. The van der Waals surface area contributed by atoms with Gasteiger partial charge in [0.2, 0.25) is 10.0 Å². The Kier molecular flexibility index (Phi) is 5.83. The second-order valence-corrected chi connectivity index (χ2v) is 6.50. The minimum absolute atomic E-state index is 0.215. The molecule has 0 saturated carbocycles. The van der Waals surface area contributed by atoms with Gasteiger partial charge in [-0.3, -0.25) is 0 Å². The number of aromatic nitrogens is 1. The molecule has 5 nitrogen and oxygen atoms in total. The molecule has 0 atom stereocenters. The molecule has 0 unspecified atom stereocenters. The molecule has 9 heteroatoms. The predicted molar refractivity (Wildman–Crippen MR) is 71.1 cm³/mol. The van der Waals surface area contributed by atoms with Crippen molar-refractivity contribution in [2.45, 2.75) is 44.5 Å². The molecule has 0 aliphatic rings. The van der Waals surface area contributed by atoms with E-state index in [2.05, 4.69) is 0 Å². The summed E-state index contributed by atoms with van der Waals surface area (Å²) < 4.78 is 64.2. The summed E-state index contributed by atoms with van der Waals surface area (Å²) >= 11 is 0. The first kappa shape index (κ1) is 18.0. The van der Waals surface area contributed by atoms with Gasteiger partial charge in [0.25, 0.3) is 0 Å². The van der Waals surface area contributed by atoms with E-state index >= 15 is 0 Å². The summed E-state index contributed by atoms with van der Waals surface area (Å²) in [6.07, 6.45) is -3.08. The number of nitrogens with zero attached hydrogens (tertiary/aromatic N) is 2. The van der Waals surface area contributed by atoms with Crippen LogP contribution in [0.2, 0.25) is 0 Å². The predicted octanol–water partition coefficient (Wildman–Crippen LogP) is 1.96. The van der Waals surface area contributed by atoms with Crippen molar-refractivity contribution in [3.05, 3.63) is 18.0 Å². The number of sulfonamides is 1. The quantitative estimate of drug-likeness (QED) is 0.832. The summed E-state index contributed by atoms with van der Waals surface area (Å²) in [6.45, 7) is 1.65. The Hall–Kier alpha value is -1.06. The van der Waals surface area contributed by atoms with Crippen LogP contribution in [0.1, 0.15) is 26.0 Å². The highest BCUT2D eigenvalue weighted by molar-refractivity contribution is 7.89. The summed E-state index contributed by atoms with van der Waals surface area (Å²) in [6, 6.07) is 1.21. The van der Waals surface area contributed by atoms with Gasteiger partial charge < -0.3 is 9.67 Å². The maximum absolute atomic E-state index is 12.5. The van der Waals surface area contributed by atoms with Crippen molar-refractivity contribution >= 4 is 10.0 Å². The Morgan fingerprint density at radius 2 is 1.95 bits per heavy atom. The Bertz CT molecular complexity index is 545. The topological polar surface area (TPSA) is 62.5 Å². The standard InChI is InChI=1S/C12H19F3N2O3S/c1-3-5-17(9-12(13,14)15)21(19,20)11-6-10(8-18)16(4-2)7-11/h6-7,18H,3-5,8-9H2,1-2H3. The van der Waals surface area contributed by atoms with Gasteiger partial charge in [0.05, 0.1) is 6.61 Å². The van der Waals surface area contributed by atoms with Gasteiger partial charge in [0, 0.05) is 25.0 Å². The number of rotatable bonds is 7. The van der Waals surface area contributed by atoms with Crippen molar-refractivity contribution in [1.82, 2.24) is 8.87 Å². The second-order valence-electron chi connectivity index (χ2n) is 4.57. The van der Waals surface area contributed by atoms with Crippen LogP contribution in [-0.4, -0.2) is 41.7 Å². The van der Waals surface area contributed by atoms with Gasteiger partial charge in [0.1, 0.15) is 11.4 Å². The van der Waals surface area contributed by atoms with E-state index in [4.69, 9.17) is 5.11 Å². The molecule has 1 rings (SSSR count). The zero-order chi connectivity index (χ0) is 16.3. The molecular weight excluding hydrogens is 309 g/mol. The molecular formula is C12H19F3N2O3S. The van der Waals surface area contributed by atoms with E-state index in [1.165, 1.54) is 16.8 Å². The highest BCUT2D eigenvalue weighted by atomic mass is 32.2. The minimum atomic E-state index is -4.60. The van der Waals surface area contributed by atoms with Crippen molar-refractivity contribution < 1.29 is 26.7 Å². The van der Waals surface area contributed by atoms with Crippen LogP contribution in [0.25, 0.3) is 0 Å². The van der Waals surface area contributed by atoms with Gasteiger partial charge in [-0.15, -0.1) is 0 Å². The Balaban J connectivity index is 3.19. The molecule has 0 spiro atoms. The van der Waals surface area contributed by atoms with Gasteiger partial charge in [-0.1, -0.05) is 6.92 Å². The minimum Gasteiger partial charge on any atom is -0.390 e. The molecule has 21 heavy (non-hydrogen) atoms. The van der Waals surface area contributed by atoms with Crippen molar-refractivity contribution in [3.63, 3.8) is 0 Å². The van der Waals surface area contributed by atoms with Crippen LogP contribution in [0, 0.1) is 0 Å². The third-order valence-electron chi connectivity index (χ3n) is 2.93. The summed E-state index contributed by atoms with van der Waals surface area (Å²) in [5, 5.41) is 9.15. The monoisotopic (exact) mass is 328 g/mol. The van der Waals surface area contributed by atoms with E-state index in [-0.39, 0.29) is 24.5 Å². The van der Waals surface area contributed by atoms with Crippen LogP contribution in [0.4, 0.5) is 13.2 Å². The highest BCUT2D eigenvalue weighted by Crippen LogP contribution is 2.24. The van der Waals surface area contributed by atoms with Crippen LogP contribution in [0.5, 0.6) is 0 Å². The van der Waals surface area contributed by atoms with Crippen molar-refractivity contribution in [2.75, 3.05) is 13.1 Å². The fourth-order valence-corrected chi connectivity index (χ4v) is 3.56. The second kappa shape index (κ2) is 6.80. The van der Waals surface area contributed by atoms with E-state index in [1.807, 2.05) is 0 Å². The first-order valence-electron chi connectivity index (χ1n) is 6.52. The molecule has 1 heterocycles. The van der Waals surface area contributed by atoms with Gasteiger partial charge in [-0.25, -0.2) is 8.42 Å². The van der Waals surface area contributed by atoms with Crippen LogP contribution >= 0.6 is 0 Å². The fourth-order valence-electron chi connectivity index (χ4n) is 1.98. The normalized spacial score (nSPS) is 13.1. The average molecular weight is 328 g/mol. The molecule has 0 saturated heterocycles. The molecule has 0 radical (unpaired) electrons. The maximum atomic E-state index is 12.5. The van der Waals surface area contributed by atoms with Crippen LogP contribution < -0.4 is 0 Å². The Morgan fingerprint density at radius 1 is 1.33 bits per heavy atom. The lowest BCUT2D eigenvalue weighted by atomic mass is 10.4. The maximum Gasteiger partial charge on any atom is 0.402 e. The van der Waals surface area contributed by atoms with E-state index in [0.29, 0.717) is 16.5 Å². The molecule has 1 aromatic heterocycles. The zero-order valence-electron chi connectivity index (χ0n) is 11.9. The zero-order valence-corrected chi connectivity index (χ0v) is 12.7. The Labute approximate surface area is 122 Å². The first-order valence-corrected chi connectivity index (χ1v) is 7.96. The SMILES string of the molecule is CCCN(CC(F)(F)F)S(=O)(=O)c1cc(CO)n(CC)c1. The largest absolute Gasteiger partial charge is 0.402 e. The molecule has 0 bridgehead atoms. The van der Waals surface area contributed by atoms with E-state index in [9.17, 15) is 21.6 Å². The number of aliphatic hydroxyl groups excluding tert-OH is 1. The number of aliphatic hydroxyl groups is 1. The number of hydrogen-bond donors (Lipinski definition) is 1. The summed E-state index contributed by atoms with van der Waals surface area (Å²) in [7, 11) is -4.24. The highest BCUT2D eigenvalue weighted by Gasteiger charge is 2.37. The molecule has 1 aromatic rings. The first-order chi connectivity index (χ1) is 9.65. The van der Waals surface area contributed by atoms with Crippen LogP contribution in [0.3, 0.4) is 0 Å². The van der Waals surface area contributed by atoms with E-state index in [1.54, 1.807) is 13.8 Å². The third kappa shape index (κ3) is 4.45. The third-order valence-corrected chi connectivity index (χ3v) is 4.74. The van der Waals surface area contributed by atoms with Crippen LogP contribution in [0.15, 0.2) is 17.2 Å².